The van der Waals surface area contributed by atoms with Crippen molar-refractivity contribution >= 4 is 11.6 Å². The van der Waals surface area contributed by atoms with E-state index in [9.17, 15) is 5.11 Å². The molecule has 0 aliphatic carbocycles. The number of ether oxygens (including phenoxy) is 1. The first-order valence-electron chi connectivity index (χ1n) is 6.89. The molecule has 1 aromatic heterocycles. The van der Waals surface area contributed by atoms with Gasteiger partial charge in [-0.15, -0.1) is 0 Å². The predicted molar refractivity (Wildman–Crippen MR) is 82.6 cm³/mol. The third-order valence-corrected chi connectivity index (χ3v) is 3.25. The van der Waals surface area contributed by atoms with Crippen LogP contribution >= 0.6 is 11.6 Å². The molecule has 0 bridgehead atoms. The molecule has 0 spiro atoms. The van der Waals surface area contributed by atoms with E-state index in [1.807, 2.05) is 10.8 Å². The number of aromatic nitrogens is 2. The lowest BCUT2D eigenvalue weighted by atomic mass is 10.3. The van der Waals surface area contributed by atoms with Crippen molar-refractivity contribution in [2.75, 3.05) is 13.2 Å². The molecule has 0 saturated heterocycles. The largest absolute Gasteiger partial charge is 0.491 e. The molecule has 5 nitrogen and oxygen atoms in total. The maximum atomic E-state index is 9.91. The van der Waals surface area contributed by atoms with Gasteiger partial charge in [0.05, 0.1) is 6.33 Å². The summed E-state index contributed by atoms with van der Waals surface area (Å²) in [6.45, 7) is 3.59. The van der Waals surface area contributed by atoms with Crippen molar-refractivity contribution in [2.24, 2.45) is 0 Å². The molecule has 0 amide bonds. The van der Waals surface area contributed by atoms with Gasteiger partial charge < -0.3 is 19.7 Å². The number of aliphatic hydroxyl groups excluding tert-OH is 1. The average Bonchev–Trinajstić information content (AvgIpc) is 2.97. The minimum Gasteiger partial charge on any atom is -0.491 e. The zero-order valence-corrected chi connectivity index (χ0v) is 12.7. The predicted octanol–water partition coefficient (Wildman–Crippen LogP) is 1.95. The lowest BCUT2D eigenvalue weighted by Gasteiger charge is -2.18. The van der Waals surface area contributed by atoms with Crippen LogP contribution in [0.1, 0.15) is 6.92 Å². The van der Waals surface area contributed by atoms with Crippen LogP contribution in [0.25, 0.3) is 0 Å². The molecule has 6 heteroatoms. The molecule has 1 aromatic carbocycles. The van der Waals surface area contributed by atoms with Crippen molar-refractivity contribution in [3.05, 3.63) is 48.0 Å². The molecule has 2 rings (SSSR count). The van der Waals surface area contributed by atoms with Gasteiger partial charge in [0.2, 0.25) is 0 Å². The first kappa shape index (κ1) is 15.8. The fraction of sp³-hybridized carbons (Fsp3) is 0.400. The summed E-state index contributed by atoms with van der Waals surface area (Å²) >= 11 is 5.80. The molecule has 2 unspecified atom stereocenters. The Morgan fingerprint density at radius 3 is 2.81 bits per heavy atom. The van der Waals surface area contributed by atoms with Crippen molar-refractivity contribution in [3.8, 4) is 5.75 Å². The van der Waals surface area contributed by atoms with Crippen LogP contribution in [-0.2, 0) is 6.54 Å². The third-order valence-electron chi connectivity index (χ3n) is 3.00. The minimum absolute atomic E-state index is 0.240. The molecule has 0 aliphatic rings. The summed E-state index contributed by atoms with van der Waals surface area (Å²) in [5, 5.41) is 13.8. The van der Waals surface area contributed by atoms with E-state index in [4.69, 9.17) is 16.3 Å². The number of rotatable bonds is 8. The standard InChI is InChI=1S/C15H20ClN3O2/c1-12(9-19-7-6-17-11-19)18-8-14(20)10-21-15-4-2-13(16)3-5-15/h2-7,11-12,14,18,20H,8-10H2,1H3. The monoisotopic (exact) mass is 309 g/mol. The molecular formula is C15H20ClN3O2. The SMILES string of the molecule is CC(Cn1ccnc1)NCC(O)COc1ccc(Cl)cc1. The Labute approximate surface area is 129 Å². The summed E-state index contributed by atoms with van der Waals surface area (Å²) in [5.41, 5.74) is 0. The fourth-order valence-electron chi connectivity index (χ4n) is 1.89. The van der Waals surface area contributed by atoms with Crippen molar-refractivity contribution < 1.29 is 9.84 Å². The Balaban J connectivity index is 1.65. The van der Waals surface area contributed by atoms with E-state index in [1.54, 1.807) is 36.8 Å². The van der Waals surface area contributed by atoms with E-state index in [0.29, 0.717) is 17.3 Å². The Morgan fingerprint density at radius 2 is 2.14 bits per heavy atom. The number of benzene rings is 1. The minimum atomic E-state index is -0.564. The van der Waals surface area contributed by atoms with E-state index < -0.39 is 6.10 Å². The molecule has 2 N–H and O–H groups in total. The van der Waals surface area contributed by atoms with Gasteiger partial charge in [0, 0.05) is 36.5 Å². The number of aliphatic hydroxyl groups is 1. The highest BCUT2D eigenvalue weighted by Gasteiger charge is 2.08. The number of hydrogen-bond donors (Lipinski definition) is 2. The van der Waals surface area contributed by atoms with Gasteiger partial charge in [-0.05, 0) is 31.2 Å². The number of halogens is 1. The summed E-state index contributed by atoms with van der Waals surface area (Å²) in [6, 6.07) is 7.32. The quantitative estimate of drug-likeness (QED) is 0.782. The van der Waals surface area contributed by atoms with Crippen LogP contribution in [-0.4, -0.2) is 40.0 Å². The Hall–Kier alpha value is -1.56. The molecule has 2 aromatic rings. The van der Waals surface area contributed by atoms with E-state index in [1.165, 1.54) is 0 Å². The van der Waals surface area contributed by atoms with E-state index in [2.05, 4.69) is 17.2 Å². The second kappa shape index (κ2) is 8.02. The second-order valence-corrected chi connectivity index (χ2v) is 5.42. The third kappa shape index (κ3) is 5.75. The smallest absolute Gasteiger partial charge is 0.119 e. The zero-order valence-electron chi connectivity index (χ0n) is 11.9. The Kier molecular flexibility index (Phi) is 6.04. The maximum Gasteiger partial charge on any atom is 0.119 e. The maximum absolute atomic E-state index is 9.91. The topological polar surface area (TPSA) is 59.3 Å². The highest BCUT2D eigenvalue weighted by atomic mass is 35.5. The number of nitrogens with zero attached hydrogens (tertiary/aromatic N) is 2. The van der Waals surface area contributed by atoms with Crippen LogP contribution < -0.4 is 10.1 Å². The van der Waals surface area contributed by atoms with Gasteiger partial charge in [-0.1, -0.05) is 11.6 Å². The van der Waals surface area contributed by atoms with E-state index in [-0.39, 0.29) is 12.6 Å². The summed E-state index contributed by atoms with van der Waals surface area (Å²) in [5.74, 6) is 0.699. The van der Waals surface area contributed by atoms with Crippen molar-refractivity contribution in [3.63, 3.8) is 0 Å². The van der Waals surface area contributed by atoms with Gasteiger partial charge in [-0.25, -0.2) is 4.98 Å². The molecule has 1 heterocycles. The molecule has 21 heavy (non-hydrogen) atoms. The van der Waals surface area contributed by atoms with Crippen molar-refractivity contribution in [1.29, 1.82) is 0 Å². The number of imidazole rings is 1. The molecular weight excluding hydrogens is 290 g/mol. The number of nitrogens with one attached hydrogen (secondary N) is 1. The molecule has 0 saturated carbocycles. The van der Waals surface area contributed by atoms with Crippen LogP contribution in [0.2, 0.25) is 5.02 Å². The summed E-state index contributed by atoms with van der Waals surface area (Å²) < 4.78 is 7.49. The average molecular weight is 310 g/mol. The normalized spacial score (nSPS) is 13.9. The van der Waals surface area contributed by atoms with Crippen LogP contribution in [0.15, 0.2) is 43.0 Å². The zero-order chi connectivity index (χ0) is 15.1. The van der Waals surface area contributed by atoms with Gasteiger partial charge in [-0.3, -0.25) is 0 Å². The summed E-state index contributed by atoms with van der Waals surface area (Å²) in [4.78, 5) is 4.00. The van der Waals surface area contributed by atoms with Crippen LogP contribution in [0, 0.1) is 0 Å². The highest BCUT2D eigenvalue weighted by Crippen LogP contribution is 2.15. The molecule has 0 aliphatic heterocycles. The lowest BCUT2D eigenvalue weighted by Crippen LogP contribution is -2.38. The van der Waals surface area contributed by atoms with Gasteiger partial charge >= 0.3 is 0 Å². The van der Waals surface area contributed by atoms with Crippen molar-refractivity contribution in [1.82, 2.24) is 14.9 Å². The van der Waals surface area contributed by atoms with Crippen LogP contribution in [0.3, 0.4) is 0 Å². The van der Waals surface area contributed by atoms with Crippen LogP contribution in [0.5, 0.6) is 5.75 Å². The van der Waals surface area contributed by atoms with Crippen molar-refractivity contribution in [2.45, 2.75) is 25.6 Å². The Bertz CT molecular complexity index is 516. The molecule has 2 atom stereocenters. The molecule has 0 fully saturated rings. The van der Waals surface area contributed by atoms with Crippen LogP contribution in [0.4, 0.5) is 0 Å². The second-order valence-electron chi connectivity index (χ2n) is 4.99. The summed E-state index contributed by atoms with van der Waals surface area (Å²) in [6.07, 6.45) is 4.88. The first-order chi connectivity index (χ1) is 10.1. The van der Waals surface area contributed by atoms with E-state index in [0.717, 1.165) is 6.54 Å². The summed E-state index contributed by atoms with van der Waals surface area (Å²) in [7, 11) is 0. The van der Waals surface area contributed by atoms with Gasteiger partial charge in [0.15, 0.2) is 0 Å². The van der Waals surface area contributed by atoms with E-state index >= 15 is 0 Å². The van der Waals surface area contributed by atoms with Gasteiger partial charge in [-0.2, -0.15) is 0 Å². The molecule has 114 valence electrons. The van der Waals surface area contributed by atoms with Gasteiger partial charge in [0.25, 0.3) is 0 Å². The first-order valence-corrected chi connectivity index (χ1v) is 7.27. The lowest BCUT2D eigenvalue weighted by molar-refractivity contribution is 0.103. The number of hydrogen-bond acceptors (Lipinski definition) is 4. The Morgan fingerprint density at radius 1 is 1.38 bits per heavy atom. The fourth-order valence-corrected chi connectivity index (χ4v) is 2.02. The highest BCUT2D eigenvalue weighted by molar-refractivity contribution is 6.30. The molecule has 0 radical (unpaired) electrons. The van der Waals surface area contributed by atoms with Gasteiger partial charge in [0.1, 0.15) is 18.5 Å².